The van der Waals surface area contributed by atoms with Crippen LogP contribution < -0.4 is 5.32 Å². The molecule has 15 heavy (non-hydrogen) atoms. The van der Waals surface area contributed by atoms with E-state index in [-0.39, 0.29) is 0 Å². The summed E-state index contributed by atoms with van der Waals surface area (Å²) < 4.78 is 5.11. The highest BCUT2D eigenvalue weighted by Crippen LogP contribution is 2.20. The smallest absolute Gasteiger partial charge is 0.149 e. The molecule has 0 saturated carbocycles. The summed E-state index contributed by atoms with van der Waals surface area (Å²) in [5, 5.41) is 39.7. The van der Waals surface area contributed by atoms with Crippen molar-refractivity contribution in [2.45, 2.75) is 30.5 Å². The van der Waals surface area contributed by atoms with Crippen molar-refractivity contribution in [3.63, 3.8) is 0 Å². The third-order valence-corrected chi connectivity index (χ3v) is 2.23. The molecule has 0 spiro atoms. The molecule has 86 valence electrons. The molecule has 5 unspecified atom stereocenters. The van der Waals surface area contributed by atoms with Gasteiger partial charge in [-0.1, -0.05) is 0 Å². The van der Waals surface area contributed by atoms with Crippen molar-refractivity contribution in [3.05, 3.63) is 0 Å². The van der Waals surface area contributed by atoms with E-state index in [2.05, 4.69) is 17.3 Å². The second kappa shape index (κ2) is 5.30. The van der Waals surface area contributed by atoms with Gasteiger partial charge in [0.1, 0.15) is 30.5 Å². The number of rotatable bonds is 1. The lowest BCUT2D eigenvalue weighted by Gasteiger charge is -2.37. The van der Waals surface area contributed by atoms with Gasteiger partial charge < -0.3 is 30.5 Å². The second-order valence-electron chi connectivity index (χ2n) is 3.27. The highest BCUT2D eigenvalue weighted by atomic mass is 16.5. The molecule has 1 aliphatic rings. The molecule has 0 aromatic carbocycles. The van der Waals surface area contributed by atoms with Crippen LogP contribution in [0.4, 0.5) is 0 Å². The number of aliphatic hydroxyl groups is 4. The normalized spacial score (nSPS) is 40.5. The lowest BCUT2D eigenvalue weighted by molar-refractivity contribution is -0.214. The van der Waals surface area contributed by atoms with E-state index in [0.29, 0.717) is 0 Å². The van der Waals surface area contributed by atoms with Crippen molar-refractivity contribution < 1.29 is 25.2 Å². The van der Waals surface area contributed by atoms with Crippen LogP contribution in [0, 0.1) is 12.0 Å². The Hall–Kier alpha value is -0.840. The molecule has 1 heterocycles. The SMILES string of the molecule is CNC#CC1OC(CO)C(O)C(O)C1O. The first-order valence-electron chi connectivity index (χ1n) is 4.59. The predicted octanol–water partition coefficient (Wildman–Crippen LogP) is -2.99. The van der Waals surface area contributed by atoms with Gasteiger partial charge in [-0.05, 0) is 5.92 Å². The van der Waals surface area contributed by atoms with Gasteiger partial charge in [-0.15, -0.1) is 0 Å². The van der Waals surface area contributed by atoms with Gasteiger partial charge in [0.25, 0.3) is 0 Å². The minimum atomic E-state index is -1.37. The highest BCUT2D eigenvalue weighted by Gasteiger charge is 2.42. The summed E-state index contributed by atoms with van der Waals surface area (Å²) in [5.41, 5.74) is 0. The van der Waals surface area contributed by atoms with Gasteiger partial charge in [0, 0.05) is 13.1 Å². The van der Waals surface area contributed by atoms with E-state index in [4.69, 9.17) is 9.84 Å². The van der Waals surface area contributed by atoms with Crippen LogP contribution in [0.2, 0.25) is 0 Å². The van der Waals surface area contributed by atoms with Crippen LogP contribution in [-0.2, 0) is 4.74 Å². The molecule has 1 rings (SSSR count). The number of hydrogen-bond donors (Lipinski definition) is 5. The Morgan fingerprint density at radius 1 is 1.20 bits per heavy atom. The molecule has 5 atom stereocenters. The summed E-state index contributed by atoms with van der Waals surface area (Å²) in [6.07, 6.45) is -5.82. The molecule has 6 heteroatoms. The Morgan fingerprint density at radius 2 is 1.87 bits per heavy atom. The Morgan fingerprint density at radius 3 is 2.40 bits per heavy atom. The zero-order valence-corrected chi connectivity index (χ0v) is 8.29. The Bertz CT molecular complexity index is 259. The Labute approximate surface area is 87.5 Å². The predicted molar refractivity (Wildman–Crippen MR) is 50.6 cm³/mol. The first-order valence-corrected chi connectivity index (χ1v) is 4.59. The van der Waals surface area contributed by atoms with Crippen molar-refractivity contribution in [2.75, 3.05) is 13.7 Å². The molecule has 0 radical (unpaired) electrons. The highest BCUT2D eigenvalue weighted by molar-refractivity contribution is 5.10. The molecule has 1 fully saturated rings. The quantitative estimate of drug-likeness (QED) is 0.237. The summed E-state index contributed by atoms with van der Waals surface area (Å²) in [7, 11) is 1.59. The monoisotopic (exact) mass is 217 g/mol. The molecule has 6 nitrogen and oxygen atoms in total. The molecule has 5 N–H and O–H groups in total. The Balaban J connectivity index is 2.74. The lowest BCUT2D eigenvalue weighted by atomic mass is 9.95. The lowest BCUT2D eigenvalue weighted by Crippen LogP contribution is -2.58. The zero-order valence-electron chi connectivity index (χ0n) is 8.29. The third kappa shape index (κ3) is 2.59. The number of ether oxygens (including phenoxy) is 1. The van der Waals surface area contributed by atoms with Gasteiger partial charge in [0.2, 0.25) is 0 Å². The van der Waals surface area contributed by atoms with E-state index in [1.807, 2.05) is 0 Å². The molecule has 0 amide bonds. The van der Waals surface area contributed by atoms with Crippen LogP contribution in [-0.4, -0.2) is 64.6 Å². The molecular weight excluding hydrogens is 202 g/mol. The first-order chi connectivity index (χ1) is 7.11. The maximum atomic E-state index is 9.50. The molecule has 1 saturated heterocycles. The molecule has 0 aliphatic carbocycles. The van der Waals surface area contributed by atoms with E-state index < -0.39 is 37.1 Å². The average molecular weight is 217 g/mol. The summed E-state index contributed by atoms with van der Waals surface area (Å²) >= 11 is 0. The van der Waals surface area contributed by atoms with Crippen molar-refractivity contribution >= 4 is 0 Å². The van der Waals surface area contributed by atoms with Crippen LogP contribution in [0.1, 0.15) is 0 Å². The molecular formula is C9H15NO5. The standard InChI is InChI=1S/C9H15NO5/c1-10-3-2-5-7(12)9(14)8(13)6(4-11)15-5/h5-14H,4H2,1H3. The van der Waals surface area contributed by atoms with Gasteiger partial charge in [0.05, 0.1) is 6.61 Å². The van der Waals surface area contributed by atoms with Gasteiger partial charge >= 0.3 is 0 Å². The fourth-order valence-corrected chi connectivity index (χ4v) is 1.36. The van der Waals surface area contributed by atoms with Gasteiger partial charge in [-0.3, -0.25) is 0 Å². The summed E-state index contributed by atoms with van der Waals surface area (Å²) in [6.45, 7) is -0.442. The summed E-state index contributed by atoms with van der Waals surface area (Å²) in [4.78, 5) is 0. The van der Waals surface area contributed by atoms with E-state index in [0.717, 1.165) is 0 Å². The minimum absolute atomic E-state index is 0.442. The van der Waals surface area contributed by atoms with Crippen molar-refractivity contribution in [2.24, 2.45) is 0 Å². The second-order valence-corrected chi connectivity index (χ2v) is 3.27. The number of hydrogen-bond acceptors (Lipinski definition) is 6. The molecule has 0 aromatic rings. The third-order valence-electron chi connectivity index (χ3n) is 2.23. The minimum Gasteiger partial charge on any atom is -0.394 e. The van der Waals surface area contributed by atoms with E-state index >= 15 is 0 Å². The average Bonchev–Trinajstić information content (AvgIpc) is 2.25. The maximum Gasteiger partial charge on any atom is 0.149 e. The topological polar surface area (TPSA) is 102 Å². The molecule has 1 aliphatic heterocycles. The summed E-state index contributed by atoms with van der Waals surface area (Å²) in [6, 6.07) is 2.47. The molecule has 0 bridgehead atoms. The van der Waals surface area contributed by atoms with E-state index in [9.17, 15) is 15.3 Å². The zero-order chi connectivity index (χ0) is 11.4. The fourth-order valence-electron chi connectivity index (χ4n) is 1.36. The van der Waals surface area contributed by atoms with Crippen LogP contribution >= 0.6 is 0 Å². The van der Waals surface area contributed by atoms with Gasteiger partial charge in [-0.25, -0.2) is 0 Å². The van der Waals surface area contributed by atoms with E-state index in [1.54, 1.807) is 7.05 Å². The van der Waals surface area contributed by atoms with Gasteiger partial charge in [0.15, 0.2) is 0 Å². The number of aliphatic hydroxyl groups excluding tert-OH is 4. The molecule has 0 aromatic heterocycles. The van der Waals surface area contributed by atoms with E-state index in [1.165, 1.54) is 0 Å². The number of nitrogens with one attached hydrogen (secondary N) is 1. The van der Waals surface area contributed by atoms with Crippen molar-refractivity contribution in [1.82, 2.24) is 5.32 Å². The van der Waals surface area contributed by atoms with Crippen molar-refractivity contribution in [1.29, 1.82) is 0 Å². The Kier molecular flexibility index (Phi) is 4.32. The van der Waals surface area contributed by atoms with Gasteiger partial charge in [-0.2, -0.15) is 0 Å². The first kappa shape index (κ1) is 12.2. The van der Waals surface area contributed by atoms with Crippen LogP contribution in [0.15, 0.2) is 0 Å². The maximum absolute atomic E-state index is 9.50. The summed E-state index contributed by atoms with van der Waals surface area (Å²) in [5.74, 6) is 2.52. The fraction of sp³-hybridized carbons (Fsp3) is 0.778. The largest absolute Gasteiger partial charge is 0.394 e. The van der Waals surface area contributed by atoms with Crippen molar-refractivity contribution in [3.8, 4) is 12.0 Å². The van der Waals surface area contributed by atoms with Crippen LogP contribution in [0.3, 0.4) is 0 Å². The van der Waals surface area contributed by atoms with Crippen LogP contribution in [0.25, 0.3) is 0 Å². The van der Waals surface area contributed by atoms with Crippen LogP contribution in [0.5, 0.6) is 0 Å².